The van der Waals surface area contributed by atoms with Crippen molar-refractivity contribution in [1.82, 2.24) is 5.32 Å². The van der Waals surface area contributed by atoms with E-state index >= 15 is 0 Å². The lowest BCUT2D eigenvalue weighted by molar-refractivity contribution is -0.148. The van der Waals surface area contributed by atoms with Crippen LogP contribution in [0, 0.1) is 5.82 Å². The Morgan fingerprint density at radius 1 is 1.52 bits per heavy atom. The first kappa shape index (κ1) is 15.5. The van der Waals surface area contributed by atoms with Crippen molar-refractivity contribution in [2.75, 3.05) is 19.8 Å². The molecule has 21 heavy (non-hydrogen) atoms. The normalized spacial score (nSPS) is 21.0. The average molecular weight is 318 g/mol. The van der Waals surface area contributed by atoms with Crippen molar-refractivity contribution >= 4 is 23.5 Å². The van der Waals surface area contributed by atoms with Crippen molar-refractivity contribution in [3.8, 4) is 5.75 Å². The van der Waals surface area contributed by atoms with Gasteiger partial charge in [0, 0.05) is 19.1 Å². The molecule has 8 heteroatoms. The number of ether oxygens (including phenoxy) is 2. The highest BCUT2D eigenvalue weighted by molar-refractivity contribution is 6.30. The van der Waals surface area contributed by atoms with Crippen LogP contribution < -0.4 is 10.1 Å². The van der Waals surface area contributed by atoms with Gasteiger partial charge in [0.05, 0.1) is 11.6 Å². The highest BCUT2D eigenvalue weighted by atomic mass is 35.5. The molecule has 0 aliphatic carbocycles. The minimum Gasteiger partial charge on any atom is -0.484 e. The molecular formula is C13H13ClFNO5. The molecule has 1 fully saturated rings. The summed E-state index contributed by atoms with van der Waals surface area (Å²) in [6, 6.07) is 3.66. The molecule has 1 aliphatic heterocycles. The molecule has 2 rings (SSSR count). The molecule has 2 N–H and O–H groups in total. The molecule has 0 spiro atoms. The van der Waals surface area contributed by atoms with Crippen molar-refractivity contribution in [2.24, 2.45) is 0 Å². The Morgan fingerprint density at radius 3 is 2.86 bits per heavy atom. The number of nitrogens with one attached hydrogen (secondary N) is 1. The Balaban J connectivity index is 1.92. The van der Waals surface area contributed by atoms with E-state index in [2.05, 4.69) is 5.32 Å². The van der Waals surface area contributed by atoms with Crippen molar-refractivity contribution in [2.45, 2.75) is 12.0 Å². The second-order valence-corrected chi connectivity index (χ2v) is 5.01. The summed E-state index contributed by atoms with van der Waals surface area (Å²) in [5.74, 6) is -2.15. The van der Waals surface area contributed by atoms with Gasteiger partial charge < -0.3 is 19.9 Å². The van der Waals surface area contributed by atoms with Crippen molar-refractivity contribution < 1.29 is 28.6 Å². The fraction of sp³-hybridized carbons (Fsp3) is 0.385. The SMILES string of the molecule is O=C(COc1ccc(F)c(Cl)c1)NC1(C(=O)O)CCOC1. The molecule has 6 nitrogen and oxygen atoms in total. The van der Waals surface area contributed by atoms with E-state index in [4.69, 9.17) is 21.1 Å². The van der Waals surface area contributed by atoms with Crippen molar-refractivity contribution in [3.05, 3.63) is 29.0 Å². The number of hydrogen-bond acceptors (Lipinski definition) is 4. The smallest absolute Gasteiger partial charge is 0.331 e. The number of hydrogen-bond donors (Lipinski definition) is 2. The van der Waals surface area contributed by atoms with Gasteiger partial charge in [-0.25, -0.2) is 9.18 Å². The summed E-state index contributed by atoms with van der Waals surface area (Å²) in [4.78, 5) is 23.0. The molecule has 1 heterocycles. The predicted molar refractivity (Wildman–Crippen MR) is 70.9 cm³/mol. The maximum atomic E-state index is 13.0. The van der Waals surface area contributed by atoms with Crippen molar-refractivity contribution in [3.63, 3.8) is 0 Å². The van der Waals surface area contributed by atoms with Gasteiger partial charge in [0.1, 0.15) is 11.6 Å². The number of benzene rings is 1. The Bertz CT molecular complexity index is 559. The van der Waals surface area contributed by atoms with Crippen LogP contribution in [0.25, 0.3) is 0 Å². The van der Waals surface area contributed by atoms with Crippen molar-refractivity contribution in [1.29, 1.82) is 0 Å². The lowest BCUT2D eigenvalue weighted by atomic mass is 9.99. The van der Waals surface area contributed by atoms with Crippen LogP contribution in [0.2, 0.25) is 5.02 Å². The lowest BCUT2D eigenvalue weighted by Crippen LogP contribution is -2.56. The number of carbonyl (C=O) groups excluding carboxylic acids is 1. The van der Waals surface area contributed by atoms with E-state index in [9.17, 15) is 19.1 Å². The van der Waals surface area contributed by atoms with Gasteiger partial charge in [-0.2, -0.15) is 0 Å². The van der Waals surface area contributed by atoms with E-state index < -0.39 is 29.8 Å². The summed E-state index contributed by atoms with van der Waals surface area (Å²) in [5, 5.41) is 11.4. The summed E-state index contributed by atoms with van der Waals surface area (Å²) < 4.78 is 23.1. The van der Waals surface area contributed by atoms with E-state index in [0.717, 1.165) is 6.07 Å². The average Bonchev–Trinajstić information content (AvgIpc) is 2.90. The van der Waals surface area contributed by atoms with E-state index in [1.54, 1.807) is 0 Å². The standard InChI is InChI=1S/C13H13ClFNO5/c14-9-5-8(1-2-10(9)15)21-6-11(17)16-13(12(18)19)3-4-20-7-13/h1-2,5H,3-4,6-7H2,(H,16,17)(H,18,19). The molecule has 1 unspecified atom stereocenters. The summed E-state index contributed by atoms with van der Waals surface area (Å²) >= 11 is 5.58. The number of amides is 1. The van der Waals surface area contributed by atoms with Crippen LogP contribution in [0.5, 0.6) is 5.75 Å². The molecule has 0 radical (unpaired) electrons. The maximum absolute atomic E-state index is 13.0. The first-order valence-corrected chi connectivity index (χ1v) is 6.51. The second kappa shape index (κ2) is 6.28. The largest absolute Gasteiger partial charge is 0.484 e. The van der Waals surface area contributed by atoms with Gasteiger partial charge in [-0.3, -0.25) is 4.79 Å². The van der Waals surface area contributed by atoms with Gasteiger partial charge in [0.2, 0.25) is 0 Å². The molecule has 1 atom stereocenters. The van der Waals surface area contributed by atoms with Crippen LogP contribution in [-0.4, -0.2) is 42.3 Å². The summed E-state index contributed by atoms with van der Waals surface area (Å²) in [6.45, 7) is -0.228. The third-order valence-electron chi connectivity index (χ3n) is 3.07. The monoisotopic (exact) mass is 317 g/mol. The third kappa shape index (κ3) is 3.62. The topological polar surface area (TPSA) is 84.9 Å². The molecule has 1 aromatic rings. The molecule has 114 valence electrons. The zero-order valence-corrected chi connectivity index (χ0v) is 11.7. The predicted octanol–water partition coefficient (Wildman–Crippen LogP) is 1.22. The number of carboxylic acid groups (broad SMARTS) is 1. The Hall–Kier alpha value is -1.86. The second-order valence-electron chi connectivity index (χ2n) is 4.60. The van der Waals surface area contributed by atoms with Gasteiger partial charge in [-0.05, 0) is 12.1 Å². The Labute approximate surface area is 124 Å². The van der Waals surface area contributed by atoms with Gasteiger partial charge in [0.15, 0.2) is 12.1 Å². The number of carbonyl (C=O) groups is 2. The summed E-state index contributed by atoms with van der Waals surface area (Å²) in [6.07, 6.45) is 0.191. The zero-order valence-electron chi connectivity index (χ0n) is 10.9. The molecule has 1 aromatic carbocycles. The number of rotatable bonds is 5. The summed E-state index contributed by atoms with van der Waals surface area (Å²) in [7, 11) is 0. The quantitative estimate of drug-likeness (QED) is 0.853. The maximum Gasteiger partial charge on any atom is 0.331 e. The van der Waals surface area contributed by atoms with Crippen LogP contribution in [0.4, 0.5) is 4.39 Å². The molecule has 0 aromatic heterocycles. The first-order chi connectivity index (χ1) is 9.93. The fourth-order valence-corrected chi connectivity index (χ4v) is 2.07. The molecular weight excluding hydrogens is 305 g/mol. The van der Waals surface area contributed by atoms with Crippen LogP contribution in [0.3, 0.4) is 0 Å². The molecule has 0 saturated carbocycles. The fourth-order valence-electron chi connectivity index (χ4n) is 1.90. The highest BCUT2D eigenvalue weighted by Gasteiger charge is 2.43. The lowest BCUT2D eigenvalue weighted by Gasteiger charge is -2.23. The van der Waals surface area contributed by atoms with E-state index in [-0.39, 0.29) is 30.4 Å². The van der Waals surface area contributed by atoms with Gasteiger partial charge >= 0.3 is 5.97 Å². The number of aliphatic carboxylic acids is 1. The Kier molecular flexibility index (Phi) is 4.64. The highest BCUT2D eigenvalue weighted by Crippen LogP contribution is 2.21. The summed E-state index contributed by atoms with van der Waals surface area (Å²) in [5.41, 5.74) is -1.42. The number of halogens is 2. The van der Waals surface area contributed by atoms with Crippen LogP contribution in [0.15, 0.2) is 18.2 Å². The molecule has 0 bridgehead atoms. The van der Waals surface area contributed by atoms with E-state index in [1.165, 1.54) is 12.1 Å². The van der Waals surface area contributed by atoms with Gasteiger partial charge in [0.25, 0.3) is 5.91 Å². The van der Waals surface area contributed by atoms with E-state index in [1.807, 2.05) is 0 Å². The van der Waals surface area contributed by atoms with Crippen LogP contribution >= 0.6 is 11.6 Å². The van der Waals surface area contributed by atoms with Gasteiger partial charge in [-0.15, -0.1) is 0 Å². The van der Waals surface area contributed by atoms with Gasteiger partial charge in [-0.1, -0.05) is 11.6 Å². The minimum atomic E-state index is -1.42. The van der Waals surface area contributed by atoms with Crippen LogP contribution in [0.1, 0.15) is 6.42 Å². The number of carboxylic acids is 1. The van der Waals surface area contributed by atoms with E-state index in [0.29, 0.717) is 0 Å². The zero-order chi connectivity index (χ0) is 15.5. The van der Waals surface area contributed by atoms with Crippen LogP contribution in [-0.2, 0) is 14.3 Å². The minimum absolute atomic E-state index is 0.0869. The molecule has 1 saturated heterocycles. The molecule has 1 aliphatic rings. The molecule has 1 amide bonds. The first-order valence-electron chi connectivity index (χ1n) is 6.13. The third-order valence-corrected chi connectivity index (χ3v) is 3.36. The Morgan fingerprint density at radius 2 is 2.29 bits per heavy atom.